The SMILES string of the molecule is CCc1cccc2nc(C(=O)O)c(S(=O)(=O)CC)n12. The number of hydrogen-bond donors (Lipinski definition) is 1. The van der Waals surface area contributed by atoms with Crippen LogP contribution in [0.25, 0.3) is 5.65 Å². The maximum atomic E-state index is 12.1. The molecule has 0 amide bonds. The fourth-order valence-corrected chi connectivity index (χ4v) is 3.16. The van der Waals surface area contributed by atoms with Crippen molar-refractivity contribution in [1.82, 2.24) is 9.38 Å². The molecule has 7 heteroatoms. The minimum absolute atomic E-state index is 0.168. The third kappa shape index (κ3) is 2.10. The van der Waals surface area contributed by atoms with Gasteiger partial charge in [-0.05, 0) is 18.6 Å². The average Bonchev–Trinajstić information content (AvgIpc) is 2.78. The van der Waals surface area contributed by atoms with Crippen LogP contribution in [0.5, 0.6) is 0 Å². The van der Waals surface area contributed by atoms with Gasteiger partial charge in [-0.2, -0.15) is 0 Å². The molecule has 19 heavy (non-hydrogen) atoms. The Bertz CT molecular complexity index is 746. The van der Waals surface area contributed by atoms with Crippen molar-refractivity contribution in [2.75, 3.05) is 5.75 Å². The van der Waals surface area contributed by atoms with Crippen LogP contribution in [0.3, 0.4) is 0 Å². The first-order valence-corrected chi connectivity index (χ1v) is 7.54. The molecule has 2 aromatic heterocycles. The normalized spacial score (nSPS) is 11.9. The summed E-state index contributed by atoms with van der Waals surface area (Å²) >= 11 is 0. The zero-order valence-electron chi connectivity index (χ0n) is 10.6. The van der Waals surface area contributed by atoms with E-state index in [-0.39, 0.29) is 10.8 Å². The highest BCUT2D eigenvalue weighted by Crippen LogP contribution is 2.22. The lowest BCUT2D eigenvalue weighted by Gasteiger charge is -2.07. The largest absolute Gasteiger partial charge is 0.476 e. The second kappa shape index (κ2) is 4.65. The van der Waals surface area contributed by atoms with Gasteiger partial charge >= 0.3 is 5.97 Å². The van der Waals surface area contributed by atoms with Crippen molar-refractivity contribution in [2.45, 2.75) is 25.3 Å². The third-order valence-corrected chi connectivity index (χ3v) is 4.65. The van der Waals surface area contributed by atoms with Crippen LogP contribution in [0.1, 0.15) is 30.0 Å². The van der Waals surface area contributed by atoms with E-state index in [1.54, 1.807) is 18.2 Å². The van der Waals surface area contributed by atoms with Gasteiger partial charge in [-0.25, -0.2) is 18.2 Å². The van der Waals surface area contributed by atoms with Gasteiger partial charge in [0.1, 0.15) is 5.65 Å². The molecule has 0 saturated heterocycles. The molecule has 0 fully saturated rings. The first-order chi connectivity index (χ1) is 8.92. The van der Waals surface area contributed by atoms with Crippen LogP contribution in [-0.4, -0.2) is 34.6 Å². The van der Waals surface area contributed by atoms with E-state index in [2.05, 4.69) is 4.98 Å². The average molecular weight is 282 g/mol. The van der Waals surface area contributed by atoms with Crippen LogP contribution in [0.4, 0.5) is 0 Å². The van der Waals surface area contributed by atoms with Crippen LogP contribution in [-0.2, 0) is 16.3 Å². The lowest BCUT2D eigenvalue weighted by Crippen LogP contribution is -2.14. The Morgan fingerprint density at radius 2 is 2.05 bits per heavy atom. The summed E-state index contributed by atoms with van der Waals surface area (Å²) in [6.45, 7) is 3.35. The van der Waals surface area contributed by atoms with Crippen molar-refractivity contribution < 1.29 is 18.3 Å². The molecule has 2 heterocycles. The second-order valence-electron chi connectivity index (χ2n) is 4.04. The highest BCUT2D eigenvalue weighted by molar-refractivity contribution is 7.91. The highest BCUT2D eigenvalue weighted by atomic mass is 32.2. The van der Waals surface area contributed by atoms with Crippen LogP contribution >= 0.6 is 0 Å². The minimum atomic E-state index is -3.67. The number of sulfone groups is 1. The van der Waals surface area contributed by atoms with Gasteiger partial charge in [0, 0.05) is 5.69 Å². The van der Waals surface area contributed by atoms with Gasteiger partial charge in [-0.1, -0.05) is 19.9 Å². The van der Waals surface area contributed by atoms with E-state index in [1.165, 1.54) is 11.3 Å². The summed E-state index contributed by atoms with van der Waals surface area (Å²) in [4.78, 5) is 15.1. The number of aromatic carboxylic acids is 1. The molecule has 6 nitrogen and oxygen atoms in total. The summed E-state index contributed by atoms with van der Waals surface area (Å²) in [7, 11) is -3.67. The van der Waals surface area contributed by atoms with E-state index in [1.807, 2.05) is 6.92 Å². The summed E-state index contributed by atoms with van der Waals surface area (Å²) in [6.07, 6.45) is 0.582. The number of carbonyl (C=O) groups is 1. The highest BCUT2D eigenvalue weighted by Gasteiger charge is 2.28. The summed E-state index contributed by atoms with van der Waals surface area (Å²) in [6, 6.07) is 5.09. The molecule has 0 aliphatic heterocycles. The Balaban J connectivity index is 2.99. The summed E-state index contributed by atoms with van der Waals surface area (Å²) in [5.74, 6) is -1.50. The van der Waals surface area contributed by atoms with Crippen molar-refractivity contribution in [1.29, 1.82) is 0 Å². The number of pyridine rings is 1. The van der Waals surface area contributed by atoms with Gasteiger partial charge in [0.05, 0.1) is 5.75 Å². The number of hydrogen-bond acceptors (Lipinski definition) is 4. The van der Waals surface area contributed by atoms with Gasteiger partial charge < -0.3 is 5.11 Å². The zero-order chi connectivity index (χ0) is 14.2. The molecule has 2 aromatic rings. The number of nitrogens with zero attached hydrogens (tertiary/aromatic N) is 2. The Morgan fingerprint density at radius 3 is 2.58 bits per heavy atom. The molecular formula is C12H14N2O4S. The molecule has 0 aliphatic rings. The lowest BCUT2D eigenvalue weighted by atomic mass is 10.3. The number of aromatic nitrogens is 2. The first-order valence-electron chi connectivity index (χ1n) is 5.88. The van der Waals surface area contributed by atoms with Gasteiger partial charge in [-0.3, -0.25) is 4.40 Å². The molecular weight excluding hydrogens is 268 g/mol. The number of fused-ring (bicyclic) bond motifs is 1. The zero-order valence-corrected chi connectivity index (χ0v) is 11.4. The van der Waals surface area contributed by atoms with E-state index in [0.29, 0.717) is 17.8 Å². The first kappa shape index (κ1) is 13.5. The fraction of sp³-hybridized carbons (Fsp3) is 0.333. The fourth-order valence-electron chi connectivity index (χ4n) is 1.97. The van der Waals surface area contributed by atoms with E-state index in [0.717, 1.165) is 0 Å². The van der Waals surface area contributed by atoms with Crippen molar-refractivity contribution in [3.63, 3.8) is 0 Å². The number of carboxylic acid groups (broad SMARTS) is 1. The lowest BCUT2D eigenvalue weighted by molar-refractivity contribution is 0.0686. The van der Waals surface area contributed by atoms with Crippen LogP contribution in [0, 0.1) is 0 Å². The molecule has 0 aromatic carbocycles. The quantitative estimate of drug-likeness (QED) is 0.915. The molecule has 0 bridgehead atoms. The molecule has 0 aliphatic carbocycles. The smallest absolute Gasteiger partial charge is 0.357 e. The van der Waals surface area contributed by atoms with Crippen molar-refractivity contribution in [3.05, 3.63) is 29.6 Å². The molecule has 1 N–H and O–H groups in total. The maximum absolute atomic E-state index is 12.1. The van der Waals surface area contributed by atoms with Crippen molar-refractivity contribution in [3.8, 4) is 0 Å². The Kier molecular flexibility index (Phi) is 3.32. The topological polar surface area (TPSA) is 88.7 Å². The predicted octanol–water partition coefficient (Wildman–Crippen LogP) is 1.39. The van der Waals surface area contributed by atoms with Gasteiger partial charge in [0.15, 0.2) is 20.6 Å². The molecule has 102 valence electrons. The Morgan fingerprint density at radius 1 is 1.37 bits per heavy atom. The number of rotatable bonds is 4. The molecule has 2 rings (SSSR count). The standard InChI is InChI=1S/C12H14N2O4S/c1-3-8-6-5-7-9-13-10(12(15)16)11(14(8)9)19(17,18)4-2/h5-7H,3-4H2,1-2H3,(H,15,16). The predicted molar refractivity (Wildman–Crippen MR) is 69.3 cm³/mol. The van der Waals surface area contributed by atoms with Crippen LogP contribution in [0.15, 0.2) is 23.2 Å². The van der Waals surface area contributed by atoms with Crippen LogP contribution in [0.2, 0.25) is 0 Å². The third-order valence-electron chi connectivity index (χ3n) is 2.92. The molecule has 0 saturated carbocycles. The molecule has 0 unspecified atom stereocenters. The van der Waals surface area contributed by atoms with E-state index in [9.17, 15) is 13.2 Å². The van der Waals surface area contributed by atoms with Crippen LogP contribution < -0.4 is 0 Å². The summed E-state index contributed by atoms with van der Waals surface area (Å²) < 4.78 is 25.7. The van der Waals surface area contributed by atoms with E-state index < -0.39 is 21.5 Å². The van der Waals surface area contributed by atoms with E-state index >= 15 is 0 Å². The summed E-state index contributed by atoms with van der Waals surface area (Å²) in [5.41, 5.74) is 0.635. The molecule has 0 spiro atoms. The second-order valence-corrected chi connectivity index (χ2v) is 6.23. The number of aryl methyl sites for hydroxylation is 1. The summed E-state index contributed by atoms with van der Waals surface area (Å²) in [5, 5.41) is 8.92. The Hall–Kier alpha value is -1.89. The van der Waals surface area contributed by atoms with E-state index in [4.69, 9.17) is 5.11 Å². The molecule has 0 radical (unpaired) electrons. The van der Waals surface area contributed by atoms with Gasteiger partial charge in [-0.15, -0.1) is 0 Å². The maximum Gasteiger partial charge on any atom is 0.357 e. The molecule has 0 atom stereocenters. The van der Waals surface area contributed by atoms with Gasteiger partial charge in [0.25, 0.3) is 0 Å². The Labute approximate surface area is 110 Å². The number of carboxylic acids is 1. The van der Waals surface area contributed by atoms with Gasteiger partial charge in [0.2, 0.25) is 0 Å². The van der Waals surface area contributed by atoms with Crippen molar-refractivity contribution in [2.24, 2.45) is 0 Å². The minimum Gasteiger partial charge on any atom is -0.476 e. The monoisotopic (exact) mass is 282 g/mol. The van der Waals surface area contributed by atoms with Crippen molar-refractivity contribution >= 4 is 21.5 Å². The number of imidazole rings is 1.